The summed E-state index contributed by atoms with van der Waals surface area (Å²) in [7, 11) is 0. The molecule has 1 aliphatic rings. The van der Waals surface area contributed by atoms with Gasteiger partial charge < -0.3 is 16.4 Å². The Morgan fingerprint density at radius 1 is 1.26 bits per heavy atom. The molecule has 19 heavy (non-hydrogen) atoms. The van der Waals surface area contributed by atoms with E-state index in [1.807, 2.05) is 6.07 Å². The molecule has 0 saturated heterocycles. The number of anilines is 3. The maximum absolute atomic E-state index is 11.1. The lowest BCUT2D eigenvalue weighted by atomic mass is 9.95. The number of amides is 1. The number of nitrogen functional groups attached to an aromatic ring is 1. The lowest BCUT2D eigenvalue weighted by Crippen LogP contribution is -2.23. The van der Waals surface area contributed by atoms with Crippen LogP contribution in [0.5, 0.6) is 0 Å². The molecule has 1 fully saturated rings. The predicted octanol–water partition coefficient (Wildman–Crippen LogP) is 3.63. The number of nitrogens with two attached hydrogens (primary N) is 1. The number of benzene rings is 1. The first-order valence-electron chi connectivity index (χ1n) is 6.69. The molecule has 104 valence electrons. The van der Waals surface area contributed by atoms with Gasteiger partial charge in [0.25, 0.3) is 0 Å². The van der Waals surface area contributed by atoms with Crippen molar-refractivity contribution in [1.82, 2.24) is 0 Å². The minimum atomic E-state index is -0.143. The SMILES string of the molecule is CC(=O)Nc1cc(NC2CCCCC2)c(N)cc1Cl. The van der Waals surface area contributed by atoms with E-state index in [1.165, 1.54) is 26.2 Å². The van der Waals surface area contributed by atoms with Gasteiger partial charge in [-0.3, -0.25) is 4.79 Å². The molecule has 0 unspecified atom stereocenters. The van der Waals surface area contributed by atoms with E-state index >= 15 is 0 Å². The quantitative estimate of drug-likeness (QED) is 0.741. The van der Waals surface area contributed by atoms with Crippen LogP contribution in [0.2, 0.25) is 5.02 Å². The molecule has 0 radical (unpaired) electrons. The Morgan fingerprint density at radius 3 is 2.58 bits per heavy atom. The summed E-state index contributed by atoms with van der Waals surface area (Å²) in [5.41, 5.74) is 8.04. The molecule has 1 amide bonds. The van der Waals surface area contributed by atoms with Crippen LogP contribution in [-0.2, 0) is 4.79 Å². The Bertz CT molecular complexity index is 470. The zero-order chi connectivity index (χ0) is 13.8. The molecule has 1 aromatic rings. The number of hydrogen-bond donors (Lipinski definition) is 3. The lowest BCUT2D eigenvalue weighted by molar-refractivity contribution is -0.114. The Kier molecular flexibility index (Phi) is 4.53. The summed E-state index contributed by atoms with van der Waals surface area (Å²) in [4.78, 5) is 11.1. The zero-order valence-electron chi connectivity index (χ0n) is 11.1. The first kappa shape index (κ1) is 14.0. The summed E-state index contributed by atoms with van der Waals surface area (Å²) in [5, 5.41) is 6.63. The van der Waals surface area contributed by atoms with Crippen molar-refractivity contribution in [2.75, 3.05) is 16.4 Å². The second-order valence-electron chi connectivity index (χ2n) is 5.08. The number of carbonyl (C=O) groups is 1. The van der Waals surface area contributed by atoms with Crippen LogP contribution in [0.4, 0.5) is 17.1 Å². The maximum Gasteiger partial charge on any atom is 0.221 e. The number of halogens is 1. The zero-order valence-corrected chi connectivity index (χ0v) is 11.9. The van der Waals surface area contributed by atoms with Gasteiger partial charge in [0, 0.05) is 13.0 Å². The van der Waals surface area contributed by atoms with Crippen LogP contribution in [0.25, 0.3) is 0 Å². The van der Waals surface area contributed by atoms with Gasteiger partial charge in [0.2, 0.25) is 5.91 Å². The minimum Gasteiger partial charge on any atom is -0.397 e. The van der Waals surface area contributed by atoms with Gasteiger partial charge >= 0.3 is 0 Å². The molecule has 5 heteroatoms. The van der Waals surface area contributed by atoms with Crippen molar-refractivity contribution in [1.29, 1.82) is 0 Å². The van der Waals surface area contributed by atoms with Gasteiger partial charge in [0.05, 0.1) is 22.1 Å². The fourth-order valence-corrected chi connectivity index (χ4v) is 2.69. The smallest absolute Gasteiger partial charge is 0.221 e. The summed E-state index contributed by atoms with van der Waals surface area (Å²) in [6.45, 7) is 1.46. The molecule has 4 nitrogen and oxygen atoms in total. The van der Waals surface area contributed by atoms with Gasteiger partial charge in [-0.2, -0.15) is 0 Å². The van der Waals surface area contributed by atoms with E-state index in [1.54, 1.807) is 6.07 Å². The molecule has 0 heterocycles. The molecule has 0 aliphatic heterocycles. The monoisotopic (exact) mass is 281 g/mol. The fourth-order valence-electron chi connectivity index (χ4n) is 2.47. The topological polar surface area (TPSA) is 67.2 Å². The molecule has 4 N–H and O–H groups in total. The van der Waals surface area contributed by atoms with E-state index in [0.717, 1.165) is 18.5 Å². The highest BCUT2D eigenvalue weighted by Crippen LogP contribution is 2.33. The second kappa shape index (κ2) is 6.15. The van der Waals surface area contributed by atoms with Gasteiger partial charge in [-0.1, -0.05) is 30.9 Å². The van der Waals surface area contributed by atoms with Crippen molar-refractivity contribution in [3.8, 4) is 0 Å². The van der Waals surface area contributed by atoms with Crippen molar-refractivity contribution in [3.05, 3.63) is 17.2 Å². The maximum atomic E-state index is 11.1. The van der Waals surface area contributed by atoms with Gasteiger partial charge in [-0.05, 0) is 25.0 Å². The van der Waals surface area contributed by atoms with E-state index in [2.05, 4.69) is 10.6 Å². The highest BCUT2D eigenvalue weighted by atomic mass is 35.5. The Hall–Kier alpha value is -1.42. The second-order valence-corrected chi connectivity index (χ2v) is 5.49. The third-order valence-corrected chi connectivity index (χ3v) is 3.73. The van der Waals surface area contributed by atoms with Crippen molar-refractivity contribution in [2.24, 2.45) is 0 Å². The molecule has 1 aliphatic carbocycles. The summed E-state index contributed by atoms with van der Waals surface area (Å²) >= 11 is 6.07. The largest absolute Gasteiger partial charge is 0.397 e. The van der Waals surface area contributed by atoms with Gasteiger partial charge in [-0.25, -0.2) is 0 Å². The standard InChI is InChI=1S/C14H20ClN3O/c1-9(19)17-13-8-14(12(16)7-11(13)15)18-10-5-3-2-4-6-10/h7-8,10,18H,2-6,16H2,1H3,(H,17,19). The van der Waals surface area contributed by atoms with Gasteiger partial charge in [0.15, 0.2) is 0 Å². The molecule has 0 spiro atoms. The molecular weight excluding hydrogens is 262 g/mol. The number of carbonyl (C=O) groups excluding carboxylic acids is 1. The van der Waals surface area contributed by atoms with Crippen molar-refractivity contribution >= 4 is 34.6 Å². The summed E-state index contributed by atoms with van der Waals surface area (Å²) in [6, 6.07) is 3.95. The third-order valence-electron chi connectivity index (χ3n) is 3.41. The summed E-state index contributed by atoms with van der Waals surface area (Å²) < 4.78 is 0. The lowest BCUT2D eigenvalue weighted by Gasteiger charge is -2.25. The summed E-state index contributed by atoms with van der Waals surface area (Å²) in [5.74, 6) is -0.143. The molecular formula is C14H20ClN3O. The first-order valence-corrected chi connectivity index (χ1v) is 7.07. The average Bonchev–Trinajstić information content (AvgIpc) is 2.36. The molecule has 0 atom stereocenters. The third kappa shape index (κ3) is 3.77. The van der Waals surface area contributed by atoms with Crippen LogP contribution in [0, 0.1) is 0 Å². The van der Waals surface area contributed by atoms with Crippen molar-refractivity contribution in [3.63, 3.8) is 0 Å². The molecule has 0 bridgehead atoms. The highest BCUT2D eigenvalue weighted by molar-refractivity contribution is 6.34. The molecule has 1 aromatic carbocycles. The normalized spacial score (nSPS) is 16.1. The van der Waals surface area contributed by atoms with Crippen LogP contribution in [0.15, 0.2) is 12.1 Å². The minimum absolute atomic E-state index is 0.143. The highest BCUT2D eigenvalue weighted by Gasteiger charge is 2.15. The van der Waals surface area contributed by atoms with Crippen LogP contribution in [0.1, 0.15) is 39.0 Å². The Balaban J connectivity index is 2.16. The molecule has 2 rings (SSSR count). The van der Waals surface area contributed by atoms with Crippen LogP contribution in [-0.4, -0.2) is 11.9 Å². The van der Waals surface area contributed by atoms with E-state index in [0.29, 0.717) is 22.4 Å². The average molecular weight is 282 g/mol. The van der Waals surface area contributed by atoms with Gasteiger partial charge in [-0.15, -0.1) is 0 Å². The van der Waals surface area contributed by atoms with E-state index in [4.69, 9.17) is 17.3 Å². The fraction of sp³-hybridized carbons (Fsp3) is 0.500. The molecule has 0 aromatic heterocycles. The van der Waals surface area contributed by atoms with Crippen LogP contribution < -0.4 is 16.4 Å². The van der Waals surface area contributed by atoms with Crippen molar-refractivity contribution in [2.45, 2.75) is 45.1 Å². The number of hydrogen-bond acceptors (Lipinski definition) is 3. The predicted molar refractivity (Wildman–Crippen MR) is 80.7 cm³/mol. The van der Waals surface area contributed by atoms with E-state index in [9.17, 15) is 4.79 Å². The van der Waals surface area contributed by atoms with E-state index < -0.39 is 0 Å². The van der Waals surface area contributed by atoms with Crippen LogP contribution >= 0.6 is 11.6 Å². The Morgan fingerprint density at radius 2 is 1.95 bits per heavy atom. The molecule has 1 saturated carbocycles. The van der Waals surface area contributed by atoms with Crippen LogP contribution in [0.3, 0.4) is 0 Å². The first-order chi connectivity index (χ1) is 9.06. The number of rotatable bonds is 3. The Labute approximate surface area is 118 Å². The number of nitrogens with one attached hydrogen (secondary N) is 2. The summed E-state index contributed by atoms with van der Waals surface area (Å²) in [6.07, 6.45) is 6.15. The van der Waals surface area contributed by atoms with Crippen molar-refractivity contribution < 1.29 is 4.79 Å². The van der Waals surface area contributed by atoms with E-state index in [-0.39, 0.29) is 5.91 Å². The van der Waals surface area contributed by atoms with Gasteiger partial charge in [0.1, 0.15) is 0 Å².